The number of carbonyl (C=O) groups is 2. The van der Waals surface area contributed by atoms with Gasteiger partial charge in [0.1, 0.15) is 18.1 Å². The number of benzene rings is 1. The van der Waals surface area contributed by atoms with Crippen molar-refractivity contribution >= 4 is 21.7 Å². The fourth-order valence-corrected chi connectivity index (χ4v) is 4.95. The molecule has 1 aromatic carbocycles. The molecule has 1 aromatic heterocycles. The van der Waals surface area contributed by atoms with Crippen LogP contribution in [-0.4, -0.2) is 61.6 Å². The zero-order valence-corrected chi connectivity index (χ0v) is 17.9. The van der Waals surface area contributed by atoms with E-state index in [1.165, 1.54) is 18.0 Å². The van der Waals surface area contributed by atoms with Crippen molar-refractivity contribution in [2.75, 3.05) is 25.2 Å². The predicted octanol–water partition coefficient (Wildman–Crippen LogP) is 1.67. The molecule has 0 bridgehead atoms. The molecule has 1 fully saturated rings. The van der Waals surface area contributed by atoms with Crippen molar-refractivity contribution in [3.8, 4) is 5.75 Å². The van der Waals surface area contributed by atoms with Gasteiger partial charge < -0.3 is 18.9 Å². The summed E-state index contributed by atoms with van der Waals surface area (Å²) in [7, 11) is -1.59. The van der Waals surface area contributed by atoms with Gasteiger partial charge in [0.25, 0.3) is 5.91 Å². The SMILES string of the molecule is Cc1noc(C)c1COc1cccc(C(=O)OCC(=O)N(C)[C@@H]2CCS(=O)(=O)C2)c1. The van der Waals surface area contributed by atoms with Gasteiger partial charge >= 0.3 is 5.97 Å². The number of hydrogen-bond acceptors (Lipinski definition) is 8. The van der Waals surface area contributed by atoms with E-state index in [0.29, 0.717) is 17.9 Å². The minimum atomic E-state index is -3.11. The topological polar surface area (TPSA) is 116 Å². The largest absolute Gasteiger partial charge is 0.489 e. The summed E-state index contributed by atoms with van der Waals surface area (Å²) >= 11 is 0. The van der Waals surface area contributed by atoms with E-state index in [1.54, 1.807) is 25.1 Å². The number of aryl methyl sites for hydroxylation is 2. The first-order valence-corrected chi connectivity index (χ1v) is 11.3. The summed E-state index contributed by atoms with van der Waals surface area (Å²) in [5.74, 6) is 0.0170. The maximum atomic E-state index is 12.3. The lowest BCUT2D eigenvalue weighted by molar-refractivity contribution is -0.134. The molecular formula is C20H24N2O7S. The van der Waals surface area contributed by atoms with Gasteiger partial charge in [0.05, 0.1) is 28.3 Å². The summed E-state index contributed by atoms with van der Waals surface area (Å²) in [5.41, 5.74) is 1.82. The Morgan fingerprint density at radius 3 is 2.70 bits per heavy atom. The Balaban J connectivity index is 1.54. The molecule has 2 aromatic rings. The van der Waals surface area contributed by atoms with E-state index in [9.17, 15) is 18.0 Å². The highest BCUT2D eigenvalue weighted by molar-refractivity contribution is 7.91. The van der Waals surface area contributed by atoms with E-state index >= 15 is 0 Å². The highest BCUT2D eigenvalue weighted by atomic mass is 32.2. The highest BCUT2D eigenvalue weighted by Crippen LogP contribution is 2.19. The van der Waals surface area contributed by atoms with Gasteiger partial charge in [0.2, 0.25) is 0 Å². The first-order valence-electron chi connectivity index (χ1n) is 9.44. The lowest BCUT2D eigenvalue weighted by Crippen LogP contribution is -2.40. The third-order valence-electron chi connectivity index (χ3n) is 5.11. The van der Waals surface area contributed by atoms with Crippen LogP contribution in [0.3, 0.4) is 0 Å². The lowest BCUT2D eigenvalue weighted by atomic mass is 10.2. The second-order valence-electron chi connectivity index (χ2n) is 7.26. The number of carbonyl (C=O) groups excluding carboxylic acids is 2. The molecule has 30 heavy (non-hydrogen) atoms. The Kier molecular flexibility index (Phi) is 6.45. The summed E-state index contributed by atoms with van der Waals surface area (Å²) in [6, 6.07) is 6.05. The van der Waals surface area contributed by atoms with Crippen LogP contribution in [0.4, 0.5) is 0 Å². The average molecular weight is 436 g/mol. The molecule has 1 aliphatic rings. The lowest BCUT2D eigenvalue weighted by Gasteiger charge is -2.23. The van der Waals surface area contributed by atoms with Crippen LogP contribution in [0.1, 0.15) is 33.8 Å². The molecule has 1 aliphatic heterocycles. The molecule has 162 valence electrons. The highest BCUT2D eigenvalue weighted by Gasteiger charge is 2.33. The van der Waals surface area contributed by atoms with Gasteiger partial charge in [-0.3, -0.25) is 4.79 Å². The van der Waals surface area contributed by atoms with E-state index in [1.807, 2.05) is 6.92 Å². The molecule has 0 unspecified atom stereocenters. The number of likely N-dealkylation sites (N-methyl/N-ethyl adjacent to an activating group) is 1. The van der Waals surface area contributed by atoms with Gasteiger partial charge in [0, 0.05) is 13.1 Å². The molecule has 0 spiro atoms. The van der Waals surface area contributed by atoms with Crippen molar-refractivity contribution in [3.63, 3.8) is 0 Å². The van der Waals surface area contributed by atoms with Crippen LogP contribution in [0.25, 0.3) is 0 Å². The van der Waals surface area contributed by atoms with Crippen molar-refractivity contribution in [2.45, 2.75) is 32.9 Å². The standard InChI is InChI=1S/C20H24N2O7S/c1-13-18(14(2)29-21-13)10-27-17-6-4-5-15(9-17)20(24)28-11-19(23)22(3)16-7-8-30(25,26)12-16/h4-6,9,16H,7-8,10-12H2,1-3H3/t16-/m1/s1. The van der Waals surface area contributed by atoms with Crippen molar-refractivity contribution in [2.24, 2.45) is 0 Å². The Morgan fingerprint density at radius 2 is 2.07 bits per heavy atom. The average Bonchev–Trinajstić information content (AvgIpc) is 3.24. The van der Waals surface area contributed by atoms with Crippen LogP contribution >= 0.6 is 0 Å². The van der Waals surface area contributed by atoms with Crippen LogP contribution in [0.2, 0.25) is 0 Å². The molecule has 3 rings (SSSR count). The zero-order valence-electron chi connectivity index (χ0n) is 17.1. The second-order valence-corrected chi connectivity index (χ2v) is 9.49. The van der Waals surface area contributed by atoms with Gasteiger partial charge in [-0.15, -0.1) is 0 Å². The molecule has 0 aliphatic carbocycles. The van der Waals surface area contributed by atoms with E-state index in [4.69, 9.17) is 14.0 Å². The molecule has 9 nitrogen and oxygen atoms in total. The van der Waals surface area contributed by atoms with Crippen LogP contribution in [0.5, 0.6) is 5.75 Å². The Morgan fingerprint density at radius 1 is 1.30 bits per heavy atom. The van der Waals surface area contributed by atoms with Crippen LogP contribution in [-0.2, 0) is 26.0 Å². The Labute approximate surface area is 174 Å². The number of amides is 1. The number of ether oxygens (including phenoxy) is 2. The van der Waals surface area contributed by atoms with E-state index < -0.39 is 28.3 Å². The molecular weight excluding hydrogens is 412 g/mol. The number of rotatable bonds is 7. The summed E-state index contributed by atoms with van der Waals surface area (Å²) < 4.78 is 39.1. The number of esters is 1. The molecule has 10 heteroatoms. The molecule has 0 saturated carbocycles. The molecule has 1 atom stereocenters. The molecule has 0 N–H and O–H groups in total. The van der Waals surface area contributed by atoms with Crippen LogP contribution in [0.15, 0.2) is 28.8 Å². The number of sulfone groups is 1. The van der Waals surface area contributed by atoms with Crippen molar-refractivity contribution in [1.29, 1.82) is 0 Å². The van der Waals surface area contributed by atoms with Gasteiger partial charge in [0.15, 0.2) is 16.4 Å². The maximum absolute atomic E-state index is 12.3. The first-order chi connectivity index (χ1) is 14.2. The van der Waals surface area contributed by atoms with Crippen molar-refractivity contribution in [3.05, 3.63) is 46.8 Å². The van der Waals surface area contributed by atoms with Crippen LogP contribution in [0, 0.1) is 13.8 Å². The maximum Gasteiger partial charge on any atom is 0.338 e. The number of aromatic nitrogens is 1. The van der Waals surface area contributed by atoms with Gasteiger partial charge in [-0.2, -0.15) is 0 Å². The quantitative estimate of drug-likeness (QED) is 0.602. The normalized spacial score (nSPS) is 17.5. The van der Waals surface area contributed by atoms with Crippen molar-refractivity contribution < 1.29 is 32.0 Å². The van der Waals surface area contributed by atoms with Gasteiger partial charge in [-0.25, -0.2) is 13.2 Å². The summed E-state index contributed by atoms with van der Waals surface area (Å²) in [6.45, 7) is 3.39. The zero-order chi connectivity index (χ0) is 21.9. The molecule has 2 heterocycles. The molecule has 1 saturated heterocycles. The summed E-state index contributed by atoms with van der Waals surface area (Å²) in [5, 5.41) is 3.87. The van der Waals surface area contributed by atoms with Crippen molar-refractivity contribution in [1.82, 2.24) is 10.1 Å². The minimum absolute atomic E-state index is 0.0618. The fourth-order valence-electron chi connectivity index (χ4n) is 3.17. The van der Waals surface area contributed by atoms with Gasteiger partial charge in [-0.05, 0) is 38.5 Å². The summed E-state index contributed by atoms with van der Waals surface area (Å²) in [6.07, 6.45) is 0.392. The molecule has 0 radical (unpaired) electrons. The minimum Gasteiger partial charge on any atom is -0.489 e. The third-order valence-corrected chi connectivity index (χ3v) is 6.86. The Hall–Kier alpha value is -2.88. The third kappa shape index (κ3) is 5.18. The van der Waals surface area contributed by atoms with E-state index in [2.05, 4.69) is 5.16 Å². The number of hydrogen-bond donors (Lipinski definition) is 0. The van der Waals surface area contributed by atoms with E-state index in [0.717, 1.165) is 11.3 Å². The monoisotopic (exact) mass is 436 g/mol. The first kappa shape index (κ1) is 21.8. The fraction of sp³-hybridized carbons (Fsp3) is 0.450. The smallest absolute Gasteiger partial charge is 0.338 e. The Bertz CT molecular complexity index is 1030. The molecule has 1 amide bonds. The number of nitrogens with zero attached hydrogens (tertiary/aromatic N) is 2. The second kappa shape index (κ2) is 8.86. The van der Waals surface area contributed by atoms with Gasteiger partial charge in [-0.1, -0.05) is 11.2 Å². The van der Waals surface area contributed by atoms with Crippen LogP contribution < -0.4 is 4.74 Å². The summed E-state index contributed by atoms with van der Waals surface area (Å²) in [4.78, 5) is 25.9. The predicted molar refractivity (Wildman–Crippen MR) is 107 cm³/mol. The van der Waals surface area contributed by atoms with E-state index in [-0.39, 0.29) is 29.7 Å².